The van der Waals surface area contributed by atoms with E-state index in [9.17, 15) is 14.9 Å². The van der Waals surface area contributed by atoms with E-state index in [1.807, 2.05) is 62.4 Å². The quantitative estimate of drug-likeness (QED) is 0.666. The number of carbonyl (C=O) groups is 2. The maximum Gasteiger partial charge on any atom is 0.269 e. The molecule has 0 radical (unpaired) electrons. The van der Waals surface area contributed by atoms with Crippen molar-refractivity contribution < 1.29 is 9.59 Å². The van der Waals surface area contributed by atoms with E-state index in [-0.39, 0.29) is 17.2 Å². The minimum Gasteiger partial charge on any atom is -0.321 e. The summed E-state index contributed by atoms with van der Waals surface area (Å²) in [5.41, 5.74) is 3.26. The summed E-state index contributed by atoms with van der Waals surface area (Å²) >= 11 is 1.21. The van der Waals surface area contributed by atoms with Crippen molar-refractivity contribution in [1.29, 1.82) is 5.26 Å². The molecular weight excluding hydrogens is 346 g/mol. The first kappa shape index (κ1) is 17.8. The van der Waals surface area contributed by atoms with Gasteiger partial charge in [-0.05, 0) is 43.7 Å². The first-order valence-corrected chi connectivity index (χ1v) is 9.03. The highest BCUT2D eigenvalue weighted by Gasteiger charge is 2.33. The summed E-state index contributed by atoms with van der Waals surface area (Å²) in [6, 6.07) is 16.7. The highest BCUT2D eigenvalue weighted by Crippen LogP contribution is 2.36. The van der Waals surface area contributed by atoms with E-state index in [0.29, 0.717) is 16.4 Å². The summed E-state index contributed by atoms with van der Waals surface area (Å²) < 4.78 is 0. The molecule has 0 aromatic heterocycles. The molecular formula is C20H17N3O2S. The summed E-state index contributed by atoms with van der Waals surface area (Å²) in [5, 5.41) is 12.7. The van der Waals surface area contributed by atoms with Crippen LogP contribution in [0.2, 0.25) is 0 Å². The molecule has 1 heterocycles. The molecule has 130 valence electrons. The van der Waals surface area contributed by atoms with E-state index in [0.717, 1.165) is 11.1 Å². The van der Waals surface area contributed by atoms with Gasteiger partial charge < -0.3 is 5.32 Å². The van der Waals surface area contributed by atoms with Gasteiger partial charge in [0.2, 0.25) is 5.91 Å². The Morgan fingerprint density at radius 2 is 1.88 bits per heavy atom. The van der Waals surface area contributed by atoms with E-state index in [1.165, 1.54) is 16.7 Å². The van der Waals surface area contributed by atoms with Crippen molar-refractivity contribution in [1.82, 2.24) is 0 Å². The summed E-state index contributed by atoms with van der Waals surface area (Å²) in [6.45, 7) is 3.88. The number of rotatable bonds is 3. The Morgan fingerprint density at radius 1 is 1.15 bits per heavy atom. The number of anilines is 2. The first-order chi connectivity index (χ1) is 12.5. The zero-order chi connectivity index (χ0) is 18.7. The van der Waals surface area contributed by atoms with Gasteiger partial charge in [0.15, 0.2) is 0 Å². The van der Waals surface area contributed by atoms with Crippen molar-refractivity contribution in [3.05, 3.63) is 70.3 Å². The molecule has 3 rings (SSSR count). The predicted octanol–water partition coefficient (Wildman–Crippen LogP) is 3.76. The molecule has 0 spiro atoms. The lowest BCUT2D eigenvalue weighted by Crippen LogP contribution is -2.26. The number of hydrogen-bond acceptors (Lipinski definition) is 4. The monoisotopic (exact) mass is 363 g/mol. The Bertz CT molecular complexity index is 942. The van der Waals surface area contributed by atoms with Crippen molar-refractivity contribution in [2.75, 3.05) is 16.0 Å². The van der Waals surface area contributed by atoms with E-state index in [1.54, 1.807) is 6.07 Å². The van der Waals surface area contributed by atoms with Crippen molar-refractivity contribution in [3.8, 4) is 6.07 Å². The van der Waals surface area contributed by atoms with E-state index in [2.05, 4.69) is 5.32 Å². The zero-order valence-corrected chi connectivity index (χ0v) is 15.3. The standard InChI is InChI=1S/C20H17N3O2S/c1-13-6-8-16(9-7-13)23-18(24)12-26-20(23)17(11-21)19(25)22-15-5-3-4-14(2)10-15/h3-10H,12H2,1-2H3,(H,22,25)/b20-17-. The highest BCUT2D eigenvalue weighted by atomic mass is 32.2. The third-order valence-electron chi connectivity index (χ3n) is 3.91. The Balaban J connectivity index is 1.96. The molecule has 6 heteroatoms. The lowest BCUT2D eigenvalue weighted by Gasteiger charge is -2.18. The molecule has 1 N–H and O–H groups in total. The Hall–Kier alpha value is -3.04. The van der Waals surface area contributed by atoms with Gasteiger partial charge in [0.1, 0.15) is 16.7 Å². The minimum atomic E-state index is -0.521. The normalized spacial score (nSPS) is 15.6. The second-order valence-electron chi connectivity index (χ2n) is 5.97. The Labute approximate surface area is 156 Å². The molecule has 26 heavy (non-hydrogen) atoms. The van der Waals surface area contributed by atoms with Crippen LogP contribution in [-0.4, -0.2) is 17.6 Å². The van der Waals surface area contributed by atoms with Crippen molar-refractivity contribution >= 4 is 35.0 Å². The second-order valence-corrected chi connectivity index (χ2v) is 6.93. The van der Waals surface area contributed by atoms with Crippen LogP contribution in [0.15, 0.2) is 59.1 Å². The van der Waals surface area contributed by atoms with Crippen LogP contribution >= 0.6 is 11.8 Å². The van der Waals surface area contributed by atoms with Crippen LogP contribution in [0.1, 0.15) is 11.1 Å². The number of carbonyl (C=O) groups excluding carboxylic acids is 2. The summed E-state index contributed by atoms with van der Waals surface area (Å²) in [4.78, 5) is 26.4. The molecule has 2 amide bonds. The molecule has 0 aliphatic carbocycles. The maximum absolute atomic E-state index is 12.6. The van der Waals surface area contributed by atoms with Crippen LogP contribution in [0.25, 0.3) is 0 Å². The number of nitrogens with zero attached hydrogens (tertiary/aromatic N) is 2. The lowest BCUT2D eigenvalue weighted by atomic mass is 10.2. The fraction of sp³-hybridized carbons (Fsp3) is 0.150. The molecule has 5 nitrogen and oxygen atoms in total. The van der Waals surface area contributed by atoms with Gasteiger partial charge in [0.25, 0.3) is 5.91 Å². The number of nitriles is 1. The average Bonchev–Trinajstić information content (AvgIpc) is 2.98. The molecule has 2 aromatic carbocycles. The first-order valence-electron chi connectivity index (χ1n) is 8.04. The van der Waals surface area contributed by atoms with Crippen molar-refractivity contribution in [3.63, 3.8) is 0 Å². The molecule has 1 fully saturated rings. The van der Waals surface area contributed by atoms with Gasteiger partial charge in [-0.15, -0.1) is 0 Å². The highest BCUT2D eigenvalue weighted by molar-refractivity contribution is 8.04. The minimum absolute atomic E-state index is 0.0667. The molecule has 1 aliphatic heterocycles. The number of thioether (sulfide) groups is 1. The van der Waals surface area contributed by atoms with Crippen LogP contribution in [0, 0.1) is 25.2 Å². The Morgan fingerprint density at radius 3 is 2.54 bits per heavy atom. The van der Waals surface area contributed by atoms with E-state index >= 15 is 0 Å². The molecule has 0 bridgehead atoms. The van der Waals surface area contributed by atoms with Gasteiger partial charge in [-0.25, -0.2) is 0 Å². The van der Waals surface area contributed by atoms with Crippen molar-refractivity contribution in [2.24, 2.45) is 0 Å². The van der Waals surface area contributed by atoms with E-state index in [4.69, 9.17) is 0 Å². The van der Waals surface area contributed by atoms with Gasteiger partial charge in [0.05, 0.1) is 5.75 Å². The fourth-order valence-electron chi connectivity index (χ4n) is 2.62. The number of benzene rings is 2. The maximum atomic E-state index is 12.6. The predicted molar refractivity (Wildman–Crippen MR) is 104 cm³/mol. The van der Waals surface area contributed by atoms with Crippen LogP contribution in [0.3, 0.4) is 0 Å². The number of amides is 2. The van der Waals surface area contributed by atoms with Gasteiger partial charge in [0, 0.05) is 11.4 Å². The Kier molecular flexibility index (Phi) is 5.10. The van der Waals surface area contributed by atoms with Gasteiger partial charge in [-0.1, -0.05) is 41.6 Å². The second kappa shape index (κ2) is 7.46. The van der Waals surface area contributed by atoms with Gasteiger partial charge >= 0.3 is 0 Å². The number of nitrogens with one attached hydrogen (secondary N) is 1. The molecule has 0 unspecified atom stereocenters. The average molecular weight is 363 g/mol. The zero-order valence-electron chi connectivity index (χ0n) is 14.4. The molecule has 1 aliphatic rings. The van der Waals surface area contributed by atoms with Crippen LogP contribution < -0.4 is 10.2 Å². The van der Waals surface area contributed by atoms with Gasteiger partial charge in [-0.2, -0.15) is 5.26 Å². The SMILES string of the molecule is Cc1ccc(N2C(=O)CS/C2=C(/C#N)C(=O)Nc2cccc(C)c2)cc1. The van der Waals surface area contributed by atoms with Crippen molar-refractivity contribution in [2.45, 2.75) is 13.8 Å². The molecule has 0 saturated carbocycles. The number of hydrogen-bond donors (Lipinski definition) is 1. The third kappa shape index (κ3) is 3.63. The van der Waals surface area contributed by atoms with Gasteiger partial charge in [-0.3, -0.25) is 14.5 Å². The summed E-state index contributed by atoms with van der Waals surface area (Å²) in [6.07, 6.45) is 0. The topological polar surface area (TPSA) is 73.2 Å². The number of aryl methyl sites for hydroxylation is 2. The molecule has 2 aromatic rings. The van der Waals surface area contributed by atoms with Crippen LogP contribution in [0.5, 0.6) is 0 Å². The molecule has 0 atom stereocenters. The van der Waals surface area contributed by atoms with Crippen LogP contribution in [0.4, 0.5) is 11.4 Å². The fourth-order valence-corrected chi connectivity index (χ4v) is 3.63. The van der Waals surface area contributed by atoms with Crippen LogP contribution in [-0.2, 0) is 9.59 Å². The third-order valence-corrected chi connectivity index (χ3v) is 4.96. The summed E-state index contributed by atoms with van der Waals surface area (Å²) in [7, 11) is 0. The largest absolute Gasteiger partial charge is 0.321 e. The smallest absolute Gasteiger partial charge is 0.269 e. The van der Waals surface area contributed by atoms with E-state index < -0.39 is 5.91 Å². The lowest BCUT2D eigenvalue weighted by molar-refractivity contribution is -0.115. The summed E-state index contributed by atoms with van der Waals surface area (Å²) in [5.74, 6) is -0.469. The molecule has 1 saturated heterocycles.